The molecule has 1 aliphatic rings. The molecule has 1 fully saturated rings. The number of nitrogens with two attached hydrogens (primary N) is 1. The van der Waals surface area contributed by atoms with Gasteiger partial charge in [-0.1, -0.05) is 16.6 Å². The maximum absolute atomic E-state index is 12.1. The fraction of sp³-hybridized carbons (Fsp3) is 0.600. The third-order valence-corrected chi connectivity index (χ3v) is 3.68. The van der Waals surface area contributed by atoms with Gasteiger partial charge >= 0.3 is 0 Å². The monoisotopic (exact) mass is 269 g/mol. The minimum absolute atomic E-state index is 0.0429. The van der Waals surface area contributed by atoms with Gasteiger partial charge in [0.1, 0.15) is 4.88 Å². The van der Waals surface area contributed by atoms with E-state index >= 15 is 0 Å². The van der Waals surface area contributed by atoms with E-state index in [1.54, 1.807) is 0 Å². The largest absolute Gasteiger partial charge is 0.409 e. The molecule has 1 saturated carbocycles. The molecule has 7 nitrogen and oxygen atoms in total. The Morgan fingerprint density at radius 1 is 1.72 bits per heavy atom. The molecule has 1 atom stereocenters. The maximum Gasteiger partial charge on any atom is 0.265 e. The van der Waals surface area contributed by atoms with Crippen LogP contribution in [0.15, 0.2) is 5.16 Å². The summed E-state index contributed by atoms with van der Waals surface area (Å²) in [6.07, 6.45) is 2.60. The lowest BCUT2D eigenvalue weighted by atomic mass is 10.1. The predicted molar refractivity (Wildman–Crippen MR) is 66.7 cm³/mol. The molecule has 2 rings (SSSR count). The van der Waals surface area contributed by atoms with E-state index in [0.717, 1.165) is 24.4 Å². The number of nitrogens with zero attached hydrogens (tertiary/aromatic N) is 3. The zero-order chi connectivity index (χ0) is 13.1. The van der Waals surface area contributed by atoms with Crippen LogP contribution in [0.25, 0.3) is 0 Å². The van der Waals surface area contributed by atoms with Crippen LogP contribution in [0.4, 0.5) is 0 Å². The molecule has 98 valence electrons. The SMILES string of the molecule is CCc1nnsc1C(=O)NC(C(N)=NO)C1CC1. The van der Waals surface area contributed by atoms with E-state index in [2.05, 4.69) is 20.1 Å². The number of nitrogens with one attached hydrogen (secondary N) is 1. The number of aryl methyl sites for hydroxylation is 1. The maximum atomic E-state index is 12.1. The average molecular weight is 269 g/mol. The van der Waals surface area contributed by atoms with Gasteiger partial charge in [0.15, 0.2) is 5.84 Å². The molecule has 0 spiro atoms. The minimum Gasteiger partial charge on any atom is -0.409 e. The molecule has 1 aromatic rings. The van der Waals surface area contributed by atoms with Gasteiger partial charge in [0, 0.05) is 0 Å². The summed E-state index contributed by atoms with van der Waals surface area (Å²) < 4.78 is 3.77. The topological polar surface area (TPSA) is 113 Å². The quantitative estimate of drug-likeness (QED) is 0.309. The molecule has 8 heteroatoms. The summed E-state index contributed by atoms with van der Waals surface area (Å²) in [7, 11) is 0. The first-order chi connectivity index (χ1) is 8.67. The normalized spacial score (nSPS) is 17.5. The van der Waals surface area contributed by atoms with Crippen LogP contribution < -0.4 is 11.1 Å². The molecule has 1 aliphatic carbocycles. The molecule has 18 heavy (non-hydrogen) atoms. The highest BCUT2D eigenvalue weighted by Gasteiger charge is 2.36. The molecule has 4 N–H and O–H groups in total. The highest BCUT2D eigenvalue weighted by atomic mass is 32.1. The number of rotatable bonds is 5. The number of oxime groups is 1. The summed E-state index contributed by atoms with van der Waals surface area (Å²) in [6.45, 7) is 1.91. The molecule has 0 aromatic carbocycles. The smallest absolute Gasteiger partial charge is 0.265 e. The fourth-order valence-corrected chi connectivity index (χ4v) is 2.40. The van der Waals surface area contributed by atoms with Gasteiger partial charge in [-0.2, -0.15) is 0 Å². The van der Waals surface area contributed by atoms with E-state index in [4.69, 9.17) is 10.9 Å². The van der Waals surface area contributed by atoms with Crippen LogP contribution in [-0.2, 0) is 6.42 Å². The van der Waals surface area contributed by atoms with Gasteiger partial charge in [0.2, 0.25) is 0 Å². The molecular formula is C10H15N5O2S. The number of amidine groups is 1. The van der Waals surface area contributed by atoms with Crippen LogP contribution in [0, 0.1) is 5.92 Å². The number of amides is 1. The number of hydrogen-bond acceptors (Lipinski definition) is 6. The van der Waals surface area contributed by atoms with Gasteiger partial charge in [-0.25, -0.2) is 0 Å². The van der Waals surface area contributed by atoms with Gasteiger partial charge in [0.25, 0.3) is 5.91 Å². The van der Waals surface area contributed by atoms with Crippen molar-refractivity contribution in [3.8, 4) is 0 Å². The Morgan fingerprint density at radius 2 is 2.44 bits per heavy atom. The highest BCUT2D eigenvalue weighted by molar-refractivity contribution is 7.08. The van der Waals surface area contributed by atoms with E-state index in [9.17, 15) is 4.79 Å². The van der Waals surface area contributed by atoms with E-state index in [1.165, 1.54) is 0 Å². The Hall–Kier alpha value is -1.70. The van der Waals surface area contributed by atoms with E-state index < -0.39 is 6.04 Å². The first-order valence-electron chi connectivity index (χ1n) is 5.76. The Bertz CT molecular complexity index is 469. The van der Waals surface area contributed by atoms with Crippen LogP contribution in [0.5, 0.6) is 0 Å². The number of carbonyl (C=O) groups is 1. The summed E-state index contributed by atoms with van der Waals surface area (Å²) in [5.74, 6) is 0.0440. The van der Waals surface area contributed by atoms with Crippen molar-refractivity contribution in [2.24, 2.45) is 16.8 Å². The van der Waals surface area contributed by atoms with Gasteiger partial charge in [-0.3, -0.25) is 4.79 Å². The van der Waals surface area contributed by atoms with Crippen LogP contribution >= 0.6 is 11.5 Å². The van der Waals surface area contributed by atoms with Crippen LogP contribution in [-0.4, -0.2) is 32.6 Å². The van der Waals surface area contributed by atoms with Gasteiger partial charge in [0.05, 0.1) is 11.7 Å². The predicted octanol–water partition coefficient (Wildman–Crippen LogP) is 0.355. The summed E-state index contributed by atoms with van der Waals surface area (Å²) in [4.78, 5) is 12.6. The molecule has 1 aromatic heterocycles. The Morgan fingerprint density at radius 3 is 3.00 bits per heavy atom. The molecule has 0 aliphatic heterocycles. The highest BCUT2D eigenvalue weighted by Crippen LogP contribution is 2.33. The van der Waals surface area contributed by atoms with Gasteiger partial charge in [-0.05, 0) is 36.7 Å². The van der Waals surface area contributed by atoms with Crippen molar-refractivity contribution in [2.75, 3.05) is 0 Å². The van der Waals surface area contributed by atoms with E-state index in [-0.39, 0.29) is 17.7 Å². The van der Waals surface area contributed by atoms with Crippen molar-refractivity contribution in [2.45, 2.75) is 32.2 Å². The van der Waals surface area contributed by atoms with E-state index in [1.807, 2.05) is 6.92 Å². The second-order valence-corrected chi connectivity index (χ2v) is 4.97. The van der Waals surface area contributed by atoms with E-state index in [0.29, 0.717) is 17.0 Å². The third-order valence-electron chi connectivity index (χ3n) is 2.91. The molecule has 1 amide bonds. The average Bonchev–Trinajstić information content (AvgIpc) is 3.11. The molecule has 1 heterocycles. The summed E-state index contributed by atoms with van der Waals surface area (Å²) in [6, 6.07) is -0.408. The van der Waals surface area contributed by atoms with Gasteiger partial charge < -0.3 is 16.3 Å². The molecule has 0 saturated heterocycles. The zero-order valence-electron chi connectivity index (χ0n) is 9.96. The summed E-state index contributed by atoms with van der Waals surface area (Å²) >= 11 is 1.06. The number of aromatic nitrogens is 2. The zero-order valence-corrected chi connectivity index (χ0v) is 10.8. The Labute approximate surface area is 108 Å². The standard InChI is InChI=1S/C10H15N5O2S/c1-2-6-8(18-15-13-6)10(16)12-7(5-3-4-5)9(11)14-17/h5,7,17H,2-4H2,1H3,(H2,11,14)(H,12,16). The van der Waals surface area contributed by atoms with Crippen LogP contribution in [0.1, 0.15) is 35.1 Å². The third kappa shape index (κ3) is 2.58. The minimum atomic E-state index is -0.408. The van der Waals surface area contributed by atoms with Crippen LogP contribution in [0.2, 0.25) is 0 Å². The van der Waals surface area contributed by atoms with Crippen LogP contribution in [0.3, 0.4) is 0 Å². The molecule has 1 unspecified atom stereocenters. The van der Waals surface area contributed by atoms with Crippen molar-refractivity contribution in [1.29, 1.82) is 0 Å². The van der Waals surface area contributed by atoms with Gasteiger partial charge in [-0.15, -0.1) is 5.10 Å². The second-order valence-electron chi connectivity index (χ2n) is 4.22. The van der Waals surface area contributed by atoms with Crippen molar-refractivity contribution >= 4 is 23.3 Å². The van der Waals surface area contributed by atoms with Crippen molar-refractivity contribution in [3.63, 3.8) is 0 Å². The first kappa shape index (κ1) is 12.7. The lowest BCUT2D eigenvalue weighted by Crippen LogP contribution is -2.46. The molecule has 0 radical (unpaired) electrons. The Kier molecular flexibility index (Phi) is 3.75. The molecular weight excluding hydrogens is 254 g/mol. The van der Waals surface area contributed by atoms with Crippen molar-refractivity contribution in [3.05, 3.63) is 10.6 Å². The number of carbonyl (C=O) groups excluding carboxylic acids is 1. The fourth-order valence-electron chi connectivity index (χ4n) is 1.74. The summed E-state index contributed by atoms with van der Waals surface area (Å²) in [5.41, 5.74) is 6.26. The first-order valence-corrected chi connectivity index (χ1v) is 6.54. The number of hydrogen-bond donors (Lipinski definition) is 3. The lowest BCUT2D eigenvalue weighted by Gasteiger charge is -2.16. The molecule has 0 bridgehead atoms. The van der Waals surface area contributed by atoms with Crippen molar-refractivity contribution < 1.29 is 10.0 Å². The lowest BCUT2D eigenvalue weighted by molar-refractivity contribution is 0.0946. The Balaban J connectivity index is 2.10. The van der Waals surface area contributed by atoms with Crippen molar-refractivity contribution in [1.82, 2.24) is 14.9 Å². The second kappa shape index (κ2) is 5.30. The summed E-state index contributed by atoms with van der Waals surface area (Å²) in [5, 5.41) is 18.4.